The molecular formula is C14H22ClNO. The minimum Gasteiger partial charge on any atom is -0.392 e. The number of aliphatic hydroxyl groups is 1. The van der Waals surface area contributed by atoms with Gasteiger partial charge in [-0.25, -0.2) is 0 Å². The summed E-state index contributed by atoms with van der Waals surface area (Å²) < 4.78 is 0. The van der Waals surface area contributed by atoms with Crippen LogP contribution < -0.4 is 5.32 Å². The van der Waals surface area contributed by atoms with Crippen molar-refractivity contribution in [3.63, 3.8) is 0 Å². The Balaban J connectivity index is 2.61. The number of hydrogen-bond acceptors (Lipinski definition) is 2. The molecule has 1 aromatic rings. The molecule has 0 fully saturated rings. The van der Waals surface area contributed by atoms with Crippen molar-refractivity contribution in [1.82, 2.24) is 5.32 Å². The van der Waals surface area contributed by atoms with Crippen LogP contribution in [0.15, 0.2) is 24.3 Å². The predicted molar refractivity (Wildman–Crippen MR) is 73.4 cm³/mol. The molecular weight excluding hydrogens is 234 g/mol. The molecule has 3 heteroatoms. The number of benzene rings is 1. The van der Waals surface area contributed by atoms with E-state index in [9.17, 15) is 5.11 Å². The van der Waals surface area contributed by atoms with Crippen LogP contribution in [-0.4, -0.2) is 17.8 Å². The van der Waals surface area contributed by atoms with Crippen molar-refractivity contribution in [3.05, 3.63) is 34.9 Å². The topological polar surface area (TPSA) is 32.3 Å². The van der Waals surface area contributed by atoms with Gasteiger partial charge in [-0.2, -0.15) is 0 Å². The quantitative estimate of drug-likeness (QED) is 0.781. The van der Waals surface area contributed by atoms with E-state index in [0.717, 1.165) is 24.3 Å². The number of aliphatic hydroxyl groups excluding tert-OH is 1. The lowest BCUT2D eigenvalue weighted by Gasteiger charge is -2.20. The zero-order valence-corrected chi connectivity index (χ0v) is 11.4. The van der Waals surface area contributed by atoms with E-state index in [4.69, 9.17) is 11.6 Å². The van der Waals surface area contributed by atoms with Crippen LogP contribution in [0.5, 0.6) is 0 Å². The number of hydrogen-bond donors (Lipinski definition) is 2. The number of rotatable bonds is 7. The maximum atomic E-state index is 9.58. The molecule has 0 aliphatic rings. The highest BCUT2D eigenvalue weighted by Gasteiger charge is 2.11. The first-order valence-corrected chi connectivity index (χ1v) is 6.72. The van der Waals surface area contributed by atoms with Gasteiger partial charge in [-0.05, 0) is 30.5 Å². The zero-order valence-electron chi connectivity index (χ0n) is 10.6. The molecule has 0 saturated carbocycles. The fourth-order valence-corrected chi connectivity index (χ4v) is 1.92. The molecule has 1 aromatic carbocycles. The van der Waals surface area contributed by atoms with E-state index in [0.29, 0.717) is 12.6 Å². The van der Waals surface area contributed by atoms with Crippen molar-refractivity contribution in [2.75, 3.05) is 6.54 Å². The molecule has 96 valence electrons. The third-order valence-electron chi connectivity index (χ3n) is 2.92. The predicted octanol–water partition coefficient (Wildman–Crippen LogP) is 3.54. The van der Waals surface area contributed by atoms with Gasteiger partial charge in [0.25, 0.3) is 0 Å². The van der Waals surface area contributed by atoms with Crippen molar-refractivity contribution in [1.29, 1.82) is 0 Å². The third kappa shape index (κ3) is 5.07. The first kappa shape index (κ1) is 14.5. The van der Waals surface area contributed by atoms with Gasteiger partial charge >= 0.3 is 0 Å². The number of nitrogens with one attached hydrogen (secondary N) is 1. The lowest BCUT2D eigenvalue weighted by atomic mass is 10.0. The molecule has 2 nitrogen and oxygen atoms in total. The van der Waals surface area contributed by atoms with Gasteiger partial charge in [0.15, 0.2) is 0 Å². The summed E-state index contributed by atoms with van der Waals surface area (Å²) in [5.41, 5.74) is 1.24. The van der Waals surface area contributed by atoms with Gasteiger partial charge in [-0.1, -0.05) is 44.0 Å². The maximum Gasteiger partial charge on any atom is 0.0662 e. The van der Waals surface area contributed by atoms with E-state index in [-0.39, 0.29) is 6.10 Å². The first-order valence-electron chi connectivity index (χ1n) is 6.34. The smallest absolute Gasteiger partial charge is 0.0662 e. The fraction of sp³-hybridized carbons (Fsp3) is 0.571. The van der Waals surface area contributed by atoms with Gasteiger partial charge in [0.05, 0.1) is 6.10 Å². The Morgan fingerprint density at radius 3 is 2.41 bits per heavy atom. The standard InChI is InChI=1S/C14H22ClNO/c1-3-5-14(16-10-13(17)4-2)11-6-8-12(15)9-7-11/h6-9,13-14,16-17H,3-5,10H2,1-2H3. The van der Waals surface area contributed by atoms with E-state index in [1.165, 1.54) is 5.56 Å². The molecule has 0 saturated heterocycles. The van der Waals surface area contributed by atoms with Gasteiger partial charge < -0.3 is 10.4 Å². The summed E-state index contributed by atoms with van der Waals surface area (Å²) in [4.78, 5) is 0. The van der Waals surface area contributed by atoms with Gasteiger partial charge in [0, 0.05) is 17.6 Å². The molecule has 0 aliphatic heterocycles. The van der Waals surface area contributed by atoms with Crippen LogP contribution in [0.3, 0.4) is 0 Å². The van der Waals surface area contributed by atoms with Crippen molar-refractivity contribution in [2.24, 2.45) is 0 Å². The molecule has 0 bridgehead atoms. The molecule has 2 unspecified atom stereocenters. The average Bonchev–Trinajstić information content (AvgIpc) is 2.35. The second kappa shape index (κ2) is 7.70. The largest absolute Gasteiger partial charge is 0.392 e. The van der Waals surface area contributed by atoms with Crippen LogP contribution in [0, 0.1) is 0 Å². The van der Waals surface area contributed by atoms with Crippen LogP contribution in [0.25, 0.3) is 0 Å². The molecule has 1 rings (SSSR count). The summed E-state index contributed by atoms with van der Waals surface area (Å²) in [7, 11) is 0. The summed E-state index contributed by atoms with van der Waals surface area (Å²) in [5, 5.41) is 13.8. The molecule has 0 heterocycles. The summed E-state index contributed by atoms with van der Waals surface area (Å²) in [6, 6.07) is 8.23. The van der Waals surface area contributed by atoms with Crippen molar-refractivity contribution >= 4 is 11.6 Å². The SMILES string of the molecule is CCCC(NCC(O)CC)c1ccc(Cl)cc1. The van der Waals surface area contributed by atoms with Crippen molar-refractivity contribution in [2.45, 2.75) is 45.3 Å². The van der Waals surface area contributed by atoms with Gasteiger partial charge in [0.2, 0.25) is 0 Å². The first-order chi connectivity index (χ1) is 8.17. The molecule has 2 atom stereocenters. The highest BCUT2D eigenvalue weighted by Crippen LogP contribution is 2.20. The molecule has 0 aliphatic carbocycles. The molecule has 2 N–H and O–H groups in total. The van der Waals surface area contributed by atoms with Crippen LogP contribution >= 0.6 is 11.6 Å². The zero-order chi connectivity index (χ0) is 12.7. The highest BCUT2D eigenvalue weighted by molar-refractivity contribution is 6.30. The summed E-state index contributed by atoms with van der Waals surface area (Å²) >= 11 is 5.88. The second-order valence-electron chi connectivity index (χ2n) is 4.36. The second-order valence-corrected chi connectivity index (χ2v) is 4.80. The monoisotopic (exact) mass is 255 g/mol. The summed E-state index contributed by atoms with van der Waals surface area (Å²) in [5.74, 6) is 0. The maximum absolute atomic E-state index is 9.58. The Hall–Kier alpha value is -0.570. The highest BCUT2D eigenvalue weighted by atomic mass is 35.5. The van der Waals surface area contributed by atoms with E-state index < -0.39 is 0 Å². The Morgan fingerprint density at radius 1 is 1.24 bits per heavy atom. The van der Waals surface area contributed by atoms with E-state index in [1.54, 1.807) is 0 Å². The molecule has 17 heavy (non-hydrogen) atoms. The Morgan fingerprint density at radius 2 is 1.88 bits per heavy atom. The van der Waals surface area contributed by atoms with E-state index in [1.807, 2.05) is 31.2 Å². The Kier molecular flexibility index (Phi) is 6.56. The van der Waals surface area contributed by atoms with Crippen molar-refractivity contribution < 1.29 is 5.11 Å². The van der Waals surface area contributed by atoms with E-state index >= 15 is 0 Å². The van der Waals surface area contributed by atoms with Crippen molar-refractivity contribution in [3.8, 4) is 0 Å². The van der Waals surface area contributed by atoms with Crippen LogP contribution in [0.1, 0.15) is 44.7 Å². The summed E-state index contributed by atoms with van der Waals surface area (Å²) in [6.45, 7) is 4.80. The van der Waals surface area contributed by atoms with E-state index in [2.05, 4.69) is 12.2 Å². The Bertz CT molecular complexity index is 313. The Labute approximate surface area is 109 Å². The minimum absolute atomic E-state index is 0.262. The average molecular weight is 256 g/mol. The molecule has 0 spiro atoms. The lowest BCUT2D eigenvalue weighted by molar-refractivity contribution is 0.162. The summed E-state index contributed by atoms with van der Waals surface area (Å²) in [6.07, 6.45) is 2.70. The van der Waals surface area contributed by atoms with Gasteiger partial charge in [-0.3, -0.25) is 0 Å². The van der Waals surface area contributed by atoms with Crippen LogP contribution in [0.4, 0.5) is 0 Å². The number of halogens is 1. The van der Waals surface area contributed by atoms with Gasteiger partial charge in [-0.15, -0.1) is 0 Å². The fourth-order valence-electron chi connectivity index (χ4n) is 1.79. The third-order valence-corrected chi connectivity index (χ3v) is 3.17. The molecule has 0 aromatic heterocycles. The van der Waals surface area contributed by atoms with Gasteiger partial charge in [0.1, 0.15) is 0 Å². The van der Waals surface area contributed by atoms with Crippen LogP contribution in [0.2, 0.25) is 5.02 Å². The minimum atomic E-state index is -0.262. The normalized spacial score (nSPS) is 14.6. The lowest BCUT2D eigenvalue weighted by Crippen LogP contribution is -2.30. The molecule has 0 radical (unpaired) electrons. The molecule has 0 amide bonds. The van der Waals surface area contributed by atoms with Crippen LogP contribution in [-0.2, 0) is 0 Å².